The number of piperidine rings is 1. The number of hydrogen-bond acceptors (Lipinski definition) is 3. The van der Waals surface area contributed by atoms with E-state index < -0.39 is 0 Å². The molecule has 0 bridgehead atoms. The number of amides is 2. The monoisotopic (exact) mass is 260 g/mol. The predicted octanol–water partition coefficient (Wildman–Crippen LogP) is 1.40. The highest BCUT2D eigenvalue weighted by Gasteiger charge is 2.33. The number of carbonyl (C=O) groups is 1. The van der Waals surface area contributed by atoms with Gasteiger partial charge >= 0.3 is 6.03 Å². The van der Waals surface area contributed by atoms with Crippen LogP contribution in [-0.4, -0.2) is 42.1 Å². The Balaban J connectivity index is 1.83. The van der Waals surface area contributed by atoms with Gasteiger partial charge in [-0.15, -0.1) is 0 Å². The molecule has 1 aromatic rings. The number of rotatable bonds is 1. The van der Waals surface area contributed by atoms with Crippen molar-refractivity contribution in [2.24, 2.45) is 5.84 Å². The Labute approximate surface area is 113 Å². The van der Waals surface area contributed by atoms with Gasteiger partial charge < -0.3 is 4.90 Å². The maximum absolute atomic E-state index is 12.5. The molecule has 2 N–H and O–H groups in total. The minimum Gasteiger partial charge on any atom is -0.317 e. The van der Waals surface area contributed by atoms with Crippen LogP contribution in [0, 0.1) is 0 Å². The van der Waals surface area contributed by atoms with Gasteiger partial charge in [-0.3, -0.25) is 10.7 Å². The second-order valence-corrected chi connectivity index (χ2v) is 5.37. The van der Waals surface area contributed by atoms with Crippen molar-refractivity contribution in [2.75, 3.05) is 25.0 Å². The van der Waals surface area contributed by atoms with E-state index >= 15 is 0 Å². The zero-order valence-corrected chi connectivity index (χ0v) is 11.2. The number of anilines is 1. The van der Waals surface area contributed by atoms with E-state index in [1.807, 2.05) is 35.2 Å². The van der Waals surface area contributed by atoms with Crippen LogP contribution in [0.3, 0.4) is 0 Å². The first kappa shape index (κ1) is 12.4. The highest BCUT2D eigenvalue weighted by molar-refractivity contribution is 5.94. The molecule has 0 radical (unpaired) electrons. The van der Waals surface area contributed by atoms with Crippen LogP contribution in [0.15, 0.2) is 24.3 Å². The molecule has 3 rings (SSSR count). The molecular weight excluding hydrogens is 240 g/mol. The van der Waals surface area contributed by atoms with Crippen molar-refractivity contribution in [3.8, 4) is 0 Å². The summed E-state index contributed by atoms with van der Waals surface area (Å²) in [5.41, 5.74) is 2.25. The van der Waals surface area contributed by atoms with E-state index in [0.717, 1.165) is 31.6 Å². The van der Waals surface area contributed by atoms with Crippen LogP contribution in [0.1, 0.15) is 18.4 Å². The first-order valence-electron chi connectivity index (χ1n) is 6.78. The fraction of sp³-hybridized carbons (Fsp3) is 0.500. The van der Waals surface area contributed by atoms with Crippen molar-refractivity contribution in [3.05, 3.63) is 29.8 Å². The fourth-order valence-corrected chi connectivity index (χ4v) is 3.00. The fourth-order valence-electron chi connectivity index (χ4n) is 3.00. The van der Waals surface area contributed by atoms with Crippen LogP contribution in [0.2, 0.25) is 0 Å². The lowest BCUT2D eigenvalue weighted by molar-refractivity contribution is 0.118. The van der Waals surface area contributed by atoms with Crippen molar-refractivity contribution in [3.63, 3.8) is 0 Å². The van der Waals surface area contributed by atoms with Gasteiger partial charge in [0.15, 0.2) is 0 Å². The molecule has 2 amide bonds. The lowest BCUT2D eigenvalue weighted by atomic mass is 10.0. The van der Waals surface area contributed by atoms with Crippen LogP contribution in [0.25, 0.3) is 0 Å². The molecule has 0 atom stereocenters. The molecule has 0 aliphatic carbocycles. The second-order valence-electron chi connectivity index (χ2n) is 5.37. The summed E-state index contributed by atoms with van der Waals surface area (Å²) in [6.07, 6.45) is 1.91. The Morgan fingerprint density at radius 3 is 2.63 bits per heavy atom. The van der Waals surface area contributed by atoms with Crippen molar-refractivity contribution < 1.29 is 4.79 Å². The van der Waals surface area contributed by atoms with E-state index in [2.05, 4.69) is 6.07 Å². The van der Waals surface area contributed by atoms with E-state index in [0.29, 0.717) is 12.6 Å². The maximum atomic E-state index is 12.5. The van der Waals surface area contributed by atoms with Gasteiger partial charge in [-0.05, 0) is 24.5 Å². The van der Waals surface area contributed by atoms with Gasteiger partial charge in [0.25, 0.3) is 0 Å². The minimum absolute atomic E-state index is 0.106. The summed E-state index contributed by atoms with van der Waals surface area (Å²) in [6, 6.07) is 8.53. The third-order valence-electron chi connectivity index (χ3n) is 4.17. The molecule has 1 aromatic carbocycles. The molecule has 5 nitrogen and oxygen atoms in total. The third-order valence-corrected chi connectivity index (χ3v) is 4.17. The molecule has 2 heterocycles. The van der Waals surface area contributed by atoms with Gasteiger partial charge in [0.05, 0.1) is 5.69 Å². The molecule has 0 saturated carbocycles. The molecule has 0 spiro atoms. The molecule has 0 aromatic heterocycles. The summed E-state index contributed by atoms with van der Waals surface area (Å²) in [6.45, 7) is 2.44. The van der Waals surface area contributed by atoms with E-state index in [1.54, 1.807) is 4.90 Å². The van der Waals surface area contributed by atoms with Crippen LogP contribution in [-0.2, 0) is 6.54 Å². The zero-order valence-electron chi connectivity index (χ0n) is 11.2. The number of hydrogen-bond donors (Lipinski definition) is 1. The molecular formula is C14H20N4O. The number of nitrogens with zero attached hydrogens (tertiary/aromatic N) is 3. The largest absolute Gasteiger partial charge is 0.324 e. The zero-order chi connectivity index (χ0) is 13.4. The number of fused-ring (bicyclic) bond motifs is 1. The number of para-hydroxylation sites is 1. The van der Waals surface area contributed by atoms with Crippen LogP contribution >= 0.6 is 0 Å². The lowest BCUT2D eigenvalue weighted by Crippen LogP contribution is -2.54. The molecule has 19 heavy (non-hydrogen) atoms. The number of carbonyl (C=O) groups excluding carboxylic acids is 1. The first-order chi connectivity index (χ1) is 9.16. The number of hydrazine groups is 1. The highest BCUT2D eigenvalue weighted by atomic mass is 16.2. The van der Waals surface area contributed by atoms with Crippen molar-refractivity contribution in [1.29, 1.82) is 0 Å². The Morgan fingerprint density at radius 1 is 1.21 bits per heavy atom. The van der Waals surface area contributed by atoms with Crippen molar-refractivity contribution >= 4 is 11.7 Å². The summed E-state index contributed by atoms with van der Waals surface area (Å²) in [5.74, 6) is 5.78. The van der Waals surface area contributed by atoms with Gasteiger partial charge in [-0.2, -0.15) is 0 Å². The first-order valence-corrected chi connectivity index (χ1v) is 6.78. The van der Waals surface area contributed by atoms with E-state index in [-0.39, 0.29) is 6.03 Å². The number of benzene rings is 1. The maximum Gasteiger partial charge on any atom is 0.324 e. The smallest absolute Gasteiger partial charge is 0.317 e. The van der Waals surface area contributed by atoms with E-state index in [1.165, 1.54) is 5.56 Å². The molecule has 5 heteroatoms. The van der Waals surface area contributed by atoms with Crippen LogP contribution in [0.5, 0.6) is 0 Å². The molecule has 2 aliphatic heterocycles. The van der Waals surface area contributed by atoms with Crippen LogP contribution in [0.4, 0.5) is 10.5 Å². The Bertz CT molecular complexity index is 482. The highest BCUT2D eigenvalue weighted by Crippen LogP contribution is 2.30. The lowest BCUT2D eigenvalue weighted by Gasteiger charge is -2.42. The number of nitrogens with two attached hydrogens (primary N) is 1. The summed E-state index contributed by atoms with van der Waals surface area (Å²) in [4.78, 5) is 16.2. The predicted molar refractivity (Wildman–Crippen MR) is 74.6 cm³/mol. The quantitative estimate of drug-likeness (QED) is 0.776. The molecule has 2 aliphatic rings. The summed E-state index contributed by atoms with van der Waals surface area (Å²) in [7, 11) is 1.85. The molecule has 1 fully saturated rings. The standard InChI is InChI=1S/C14H20N4O/c1-16-13-5-3-2-4-11(13)10-18(14(16)19)12-6-8-17(15)9-7-12/h2-5,12H,6-10,15H2,1H3. The Morgan fingerprint density at radius 2 is 1.89 bits per heavy atom. The van der Waals surface area contributed by atoms with Crippen molar-refractivity contribution in [2.45, 2.75) is 25.4 Å². The normalized spacial score (nSPS) is 21.7. The SMILES string of the molecule is CN1C(=O)N(C2CCN(N)CC2)Cc2ccccc21. The van der Waals surface area contributed by atoms with Gasteiger partial charge in [0.1, 0.15) is 0 Å². The topological polar surface area (TPSA) is 52.8 Å². The van der Waals surface area contributed by atoms with Crippen molar-refractivity contribution in [1.82, 2.24) is 9.91 Å². The number of urea groups is 1. The van der Waals surface area contributed by atoms with Gasteiger partial charge in [-0.1, -0.05) is 18.2 Å². The molecule has 102 valence electrons. The third kappa shape index (κ3) is 2.19. The minimum atomic E-state index is 0.106. The van der Waals surface area contributed by atoms with Gasteiger partial charge in [-0.25, -0.2) is 9.80 Å². The molecule has 0 unspecified atom stereocenters. The van der Waals surface area contributed by atoms with E-state index in [4.69, 9.17) is 5.84 Å². The second kappa shape index (κ2) is 4.83. The average molecular weight is 260 g/mol. The molecule has 1 saturated heterocycles. The van der Waals surface area contributed by atoms with E-state index in [9.17, 15) is 4.79 Å². The summed E-state index contributed by atoms with van der Waals surface area (Å²) < 4.78 is 0. The summed E-state index contributed by atoms with van der Waals surface area (Å²) in [5, 5.41) is 1.84. The van der Waals surface area contributed by atoms with Crippen LogP contribution < -0.4 is 10.7 Å². The van der Waals surface area contributed by atoms with Gasteiger partial charge in [0.2, 0.25) is 0 Å². The Kier molecular flexibility index (Phi) is 3.16. The summed E-state index contributed by atoms with van der Waals surface area (Å²) >= 11 is 0. The average Bonchev–Trinajstić information content (AvgIpc) is 2.44. The van der Waals surface area contributed by atoms with Gasteiger partial charge in [0, 0.05) is 32.7 Å². The Hall–Kier alpha value is -1.59.